The maximum atomic E-state index is 13.1. The Morgan fingerprint density at radius 3 is 2.00 bits per heavy atom. The molecule has 0 aliphatic rings. The monoisotopic (exact) mass is 356 g/mol. The van der Waals surface area contributed by atoms with Gasteiger partial charge in [0.05, 0.1) is 0 Å². The van der Waals surface area contributed by atoms with Crippen molar-refractivity contribution in [2.45, 2.75) is 22.4 Å². The summed E-state index contributed by atoms with van der Waals surface area (Å²) in [7, 11) is -6.08. The summed E-state index contributed by atoms with van der Waals surface area (Å²) in [6.45, 7) is 0. The van der Waals surface area contributed by atoms with Crippen LogP contribution in [0.4, 0.5) is 26.3 Å². The van der Waals surface area contributed by atoms with Crippen LogP contribution in [-0.2, 0) is 13.7 Å². The molecule has 21 heavy (non-hydrogen) atoms. The summed E-state index contributed by atoms with van der Waals surface area (Å²) < 4.78 is 100. The number of aliphatic hydroxyl groups excluding tert-OH is 1. The Kier molecular flexibility index (Phi) is 5.18. The summed E-state index contributed by atoms with van der Waals surface area (Å²) in [6, 6.07) is 3.60. The van der Waals surface area contributed by atoms with Crippen LogP contribution in [0.25, 0.3) is 0 Å². The van der Waals surface area contributed by atoms with Crippen molar-refractivity contribution < 1.29 is 43.5 Å². The molecule has 0 saturated carbocycles. The van der Waals surface area contributed by atoms with E-state index in [-0.39, 0.29) is 16.9 Å². The van der Waals surface area contributed by atoms with Crippen LogP contribution in [0.1, 0.15) is 0 Å². The van der Waals surface area contributed by atoms with E-state index in [4.69, 9.17) is 5.11 Å². The maximum Gasteiger partial charge on any atom is 0.421 e. The zero-order chi connectivity index (χ0) is 16.5. The van der Waals surface area contributed by atoms with Crippen LogP contribution >= 0.6 is 12.0 Å². The molecule has 0 aliphatic carbocycles. The highest BCUT2D eigenvalue weighted by atomic mass is 32.3. The number of rotatable bonds is 5. The van der Waals surface area contributed by atoms with Crippen molar-refractivity contribution in [1.29, 1.82) is 0 Å². The molecule has 0 spiro atoms. The van der Waals surface area contributed by atoms with Crippen LogP contribution < -0.4 is 0 Å². The molecule has 1 unspecified atom stereocenters. The molecule has 0 fully saturated rings. The molecule has 0 radical (unpaired) electrons. The molecule has 1 aromatic rings. The van der Waals surface area contributed by atoms with E-state index in [0.717, 1.165) is 24.3 Å². The standard InChI is InChI=1S/C9H6F6O4S2/c10-5-1-3-6(4-2-5)20-19-21(17,18)9(14,15)7(16)8(11,12)13/h1-4,7,16H. The summed E-state index contributed by atoms with van der Waals surface area (Å²) >= 11 is -0.222. The first-order valence-electron chi connectivity index (χ1n) is 4.87. The highest BCUT2D eigenvalue weighted by Crippen LogP contribution is 2.39. The van der Waals surface area contributed by atoms with Gasteiger partial charge in [-0.1, -0.05) is 0 Å². The van der Waals surface area contributed by atoms with Crippen molar-refractivity contribution in [2.75, 3.05) is 0 Å². The Bertz CT molecular complexity index is 583. The fraction of sp³-hybridized carbons (Fsp3) is 0.333. The second-order valence-electron chi connectivity index (χ2n) is 3.57. The zero-order valence-electron chi connectivity index (χ0n) is 9.64. The number of benzene rings is 1. The number of hydrogen-bond donors (Lipinski definition) is 1. The predicted octanol–water partition coefficient (Wildman–Crippen LogP) is 2.70. The third-order valence-electron chi connectivity index (χ3n) is 2.00. The molecule has 1 rings (SSSR count). The second-order valence-corrected chi connectivity index (χ2v) is 6.20. The lowest BCUT2D eigenvalue weighted by molar-refractivity contribution is -0.248. The molecule has 0 bridgehead atoms. The van der Waals surface area contributed by atoms with Gasteiger partial charge in [-0.15, -0.1) is 0 Å². The molecule has 12 heteroatoms. The van der Waals surface area contributed by atoms with E-state index in [2.05, 4.69) is 3.63 Å². The summed E-state index contributed by atoms with van der Waals surface area (Å²) in [5.74, 6) is -0.708. The molecular weight excluding hydrogens is 350 g/mol. The quantitative estimate of drug-likeness (QED) is 0.649. The Morgan fingerprint density at radius 1 is 1.10 bits per heavy atom. The van der Waals surface area contributed by atoms with Crippen LogP contribution in [-0.4, -0.2) is 31.1 Å². The lowest BCUT2D eigenvalue weighted by Crippen LogP contribution is -2.49. The van der Waals surface area contributed by atoms with E-state index in [1.165, 1.54) is 0 Å². The van der Waals surface area contributed by atoms with Crippen LogP contribution in [0.2, 0.25) is 0 Å². The van der Waals surface area contributed by atoms with Gasteiger partial charge in [0.15, 0.2) is 0 Å². The molecule has 120 valence electrons. The Hall–Kier alpha value is -0.980. The van der Waals surface area contributed by atoms with E-state index in [1.54, 1.807) is 0 Å². The van der Waals surface area contributed by atoms with E-state index < -0.39 is 33.5 Å². The minimum Gasteiger partial charge on any atom is -0.378 e. The molecule has 4 nitrogen and oxygen atoms in total. The lowest BCUT2D eigenvalue weighted by atomic mass is 10.4. The van der Waals surface area contributed by atoms with Gasteiger partial charge in [-0.3, -0.25) is 0 Å². The van der Waals surface area contributed by atoms with Crippen LogP contribution in [0.5, 0.6) is 0 Å². The van der Waals surface area contributed by atoms with Crippen LogP contribution in [0, 0.1) is 5.82 Å². The van der Waals surface area contributed by atoms with Crippen molar-refractivity contribution in [3.8, 4) is 0 Å². The number of halogens is 6. The number of alkyl halides is 5. The van der Waals surface area contributed by atoms with Crippen molar-refractivity contribution in [3.63, 3.8) is 0 Å². The first kappa shape index (κ1) is 18.1. The van der Waals surface area contributed by atoms with Crippen LogP contribution in [0.3, 0.4) is 0 Å². The van der Waals surface area contributed by atoms with E-state index in [1.807, 2.05) is 0 Å². The van der Waals surface area contributed by atoms with E-state index in [9.17, 15) is 34.8 Å². The molecule has 0 aliphatic heterocycles. The molecule has 1 atom stereocenters. The van der Waals surface area contributed by atoms with Gasteiger partial charge < -0.3 is 5.11 Å². The van der Waals surface area contributed by atoms with E-state index in [0.29, 0.717) is 0 Å². The lowest BCUT2D eigenvalue weighted by Gasteiger charge is -2.23. The van der Waals surface area contributed by atoms with Gasteiger partial charge >= 0.3 is 21.5 Å². The van der Waals surface area contributed by atoms with Gasteiger partial charge in [0, 0.05) is 16.9 Å². The maximum absolute atomic E-state index is 13.1. The number of hydrogen-bond acceptors (Lipinski definition) is 5. The van der Waals surface area contributed by atoms with Gasteiger partial charge in [-0.25, -0.2) is 4.39 Å². The Labute approximate surface area is 119 Å². The Morgan fingerprint density at radius 2 is 1.57 bits per heavy atom. The van der Waals surface area contributed by atoms with Crippen molar-refractivity contribution in [1.82, 2.24) is 0 Å². The average molecular weight is 356 g/mol. The Balaban J connectivity index is 2.88. The van der Waals surface area contributed by atoms with Crippen molar-refractivity contribution in [3.05, 3.63) is 30.1 Å². The van der Waals surface area contributed by atoms with Gasteiger partial charge in [0.1, 0.15) is 5.82 Å². The summed E-state index contributed by atoms with van der Waals surface area (Å²) in [4.78, 5) is -0.155. The highest BCUT2D eigenvalue weighted by Gasteiger charge is 2.64. The minimum absolute atomic E-state index is 0.155. The fourth-order valence-electron chi connectivity index (χ4n) is 0.947. The largest absolute Gasteiger partial charge is 0.421 e. The summed E-state index contributed by atoms with van der Waals surface area (Å²) in [5.41, 5.74) is 0. The third-order valence-corrected chi connectivity index (χ3v) is 4.34. The predicted molar refractivity (Wildman–Crippen MR) is 59.3 cm³/mol. The normalized spacial score (nSPS) is 15.0. The fourth-order valence-corrected chi connectivity index (χ4v) is 2.64. The highest BCUT2D eigenvalue weighted by molar-refractivity contribution is 8.04. The third kappa shape index (κ3) is 4.25. The van der Waals surface area contributed by atoms with Crippen LogP contribution in [0.15, 0.2) is 29.2 Å². The molecule has 0 saturated heterocycles. The molecular formula is C9H6F6O4S2. The summed E-state index contributed by atoms with van der Waals surface area (Å²) in [5, 5.41) is 2.79. The molecule has 0 heterocycles. The second kappa shape index (κ2) is 6.02. The number of aliphatic hydroxyl groups is 1. The first-order valence-corrected chi connectivity index (χ1v) is 7.02. The molecule has 0 aromatic heterocycles. The molecule has 1 N–H and O–H groups in total. The molecule has 0 amide bonds. The van der Waals surface area contributed by atoms with E-state index >= 15 is 0 Å². The first-order chi connectivity index (χ1) is 9.38. The SMILES string of the molecule is O=S(=O)(OSc1ccc(F)cc1)C(F)(F)C(O)C(F)(F)F. The van der Waals surface area contributed by atoms with Gasteiger partial charge in [0.25, 0.3) is 0 Å². The minimum atomic E-state index is -6.08. The van der Waals surface area contributed by atoms with Gasteiger partial charge in [0.2, 0.25) is 6.10 Å². The molecule has 1 aromatic carbocycles. The van der Waals surface area contributed by atoms with Crippen molar-refractivity contribution >= 4 is 22.2 Å². The topological polar surface area (TPSA) is 63.6 Å². The summed E-state index contributed by atoms with van der Waals surface area (Å²) in [6.07, 6.45) is -10.3. The van der Waals surface area contributed by atoms with Gasteiger partial charge in [-0.2, -0.15) is 34.0 Å². The van der Waals surface area contributed by atoms with Crippen molar-refractivity contribution in [2.24, 2.45) is 0 Å². The van der Waals surface area contributed by atoms with Gasteiger partial charge in [-0.05, 0) is 24.3 Å². The smallest absolute Gasteiger partial charge is 0.378 e. The zero-order valence-corrected chi connectivity index (χ0v) is 11.3. The average Bonchev–Trinajstić information content (AvgIpc) is 2.36.